The van der Waals surface area contributed by atoms with Crippen LogP contribution in [-0.4, -0.2) is 4.83 Å². The molecule has 7 heavy (non-hydrogen) atoms. The topological polar surface area (TPSA) is 23.8 Å². The molecule has 0 aromatic heterocycles. The van der Waals surface area contributed by atoms with Gasteiger partial charge in [0.15, 0.2) is 0 Å². The second-order valence-corrected chi connectivity index (χ2v) is 3.31. The Labute approximate surface area is 51.5 Å². The molecule has 0 radical (unpaired) electrons. The Morgan fingerprint density at radius 3 is 2.43 bits per heavy atom. The van der Waals surface area contributed by atoms with Crippen LogP contribution >= 0.6 is 15.9 Å². The molecule has 0 N–H and O–H groups in total. The monoisotopic (exact) mass is 159 g/mol. The van der Waals surface area contributed by atoms with Gasteiger partial charge in [-0.25, -0.2) is 0 Å². The zero-order valence-electron chi connectivity index (χ0n) is 4.11. The standard InChI is InChI=1S/C5H6BrN/c1-5(3-7)2-4(5)6/h4H,2H2,1H3/t4-,5+/m1/s1. The lowest BCUT2D eigenvalue weighted by Gasteiger charge is -1.86. The summed E-state index contributed by atoms with van der Waals surface area (Å²) < 4.78 is 0. The van der Waals surface area contributed by atoms with E-state index in [1.807, 2.05) is 6.92 Å². The summed E-state index contributed by atoms with van der Waals surface area (Å²) in [6, 6.07) is 2.22. The molecular weight excluding hydrogens is 154 g/mol. The quantitative estimate of drug-likeness (QED) is 0.494. The molecule has 38 valence electrons. The van der Waals surface area contributed by atoms with E-state index in [4.69, 9.17) is 5.26 Å². The van der Waals surface area contributed by atoms with Gasteiger partial charge in [0.05, 0.1) is 11.5 Å². The van der Waals surface area contributed by atoms with Crippen molar-refractivity contribution in [3.63, 3.8) is 0 Å². The zero-order chi connectivity index (χ0) is 5.49. The predicted molar refractivity (Wildman–Crippen MR) is 31.1 cm³/mol. The Kier molecular flexibility index (Phi) is 0.895. The van der Waals surface area contributed by atoms with Crippen LogP contribution in [0.15, 0.2) is 0 Å². The Morgan fingerprint density at radius 2 is 2.43 bits per heavy atom. The Balaban J connectivity index is 2.57. The highest BCUT2D eigenvalue weighted by molar-refractivity contribution is 9.09. The van der Waals surface area contributed by atoms with Crippen LogP contribution in [0.5, 0.6) is 0 Å². The summed E-state index contributed by atoms with van der Waals surface area (Å²) in [6.45, 7) is 1.96. The molecule has 0 heterocycles. The predicted octanol–water partition coefficient (Wildman–Crippen LogP) is 1.68. The number of alkyl halides is 1. The van der Waals surface area contributed by atoms with E-state index in [1.54, 1.807) is 0 Å². The van der Waals surface area contributed by atoms with Gasteiger partial charge in [0.1, 0.15) is 0 Å². The van der Waals surface area contributed by atoms with Crippen LogP contribution < -0.4 is 0 Å². The molecule has 0 spiro atoms. The van der Waals surface area contributed by atoms with Crippen molar-refractivity contribution in [2.75, 3.05) is 0 Å². The second-order valence-electron chi connectivity index (χ2n) is 2.20. The Morgan fingerprint density at radius 1 is 2.00 bits per heavy atom. The maximum atomic E-state index is 8.36. The number of rotatable bonds is 0. The molecule has 0 bridgehead atoms. The number of hydrogen-bond donors (Lipinski definition) is 0. The van der Waals surface area contributed by atoms with Gasteiger partial charge in [-0.2, -0.15) is 5.26 Å². The van der Waals surface area contributed by atoms with Crippen molar-refractivity contribution in [1.29, 1.82) is 5.26 Å². The molecule has 1 saturated carbocycles. The molecule has 1 rings (SSSR count). The second kappa shape index (κ2) is 1.23. The maximum absolute atomic E-state index is 8.36. The van der Waals surface area contributed by atoms with Gasteiger partial charge < -0.3 is 0 Å². The van der Waals surface area contributed by atoms with E-state index in [9.17, 15) is 0 Å². The summed E-state index contributed by atoms with van der Waals surface area (Å²) in [5, 5.41) is 8.36. The first-order chi connectivity index (χ1) is 3.19. The summed E-state index contributed by atoms with van der Waals surface area (Å²) in [6.07, 6.45) is 1.02. The van der Waals surface area contributed by atoms with Gasteiger partial charge in [-0.1, -0.05) is 15.9 Å². The summed E-state index contributed by atoms with van der Waals surface area (Å²) in [5.74, 6) is 0. The third kappa shape index (κ3) is 0.657. The smallest absolute Gasteiger partial charge is 0.0699 e. The van der Waals surface area contributed by atoms with Crippen LogP contribution in [0.4, 0.5) is 0 Å². The highest BCUT2D eigenvalue weighted by atomic mass is 79.9. The molecule has 0 aromatic carbocycles. The van der Waals surface area contributed by atoms with E-state index in [0.717, 1.165) is 6.42 Å². The Hall–Kier alpha value is -0.0300. The van der Waals surface area contributed by atoms with Gasteiger partial charge in [0.25, 0.3) is 0 Å². The fraction of sp³-hybridized carbons (Fsp3) is 0.800. The molecule has 2 heteroatoms. The molecule has 2 atom stereocenters. The normalized spacial score (nSPS) is 47.9. The van der Waals surface area contributed by atoms with E-state index in [2.05, 4.69) is 22.0 Å². The van der Waals surface area contributed by atoms with Crippen molar-refractivity contribution >= 4 is 15.9 Å². The molecule has 0 unspecified atom stereocenters. The molecule has 0 saturated heterocycles. The minimum absolute atomic E-state index is 0.0278. The SMILES string of the molecule is C[C@@]1(C#N)C[C@H]1Br. The van der Waals surface area contributed by atoms with Crippen molar-refractivity contribution in [3.8, 4) is 6.07 Å². The summed E-state index contributed by atoms with van der Waals surface area (Å²) >= 11 is 3.34. The van der Waals surface area contributed by atoms with Gasteiger partial charge in [-0.3, -0.25) is 0 Å². The molecule has 0 aromatic rings. The van der Waals surface area contributed by atoms with E-state index in [1.165, 1.54) is 0 Å². The van der Waals surface area contributed by atoms with E-state index in [0.29, 0.717) is 4.83 Å². The first-order valence-electron chi connectivity index (χ1n) is 2.24. The average molecular weight is 160 g/mol. The third-order valence-corrected chi connectivity index (χ3v) is 2.72. The van der Waals surface area contributed by atoms with Crippen LogP contribution in [0.1, 0.15) is 13.3 Å². The first kappa shape index (κ1) is 5.11. The van der Waals surface area contributed by atoms with Crippen LogP contribution in [0.2, 0.25) is 0 Å². The lowest BCUT2D eigenvalue weighted by atomic mass is 10.2. The molecule has 0 aliphatic heterocycles. The van der Waals surface area contributed by atoms with Crippen molar-refractivity contribution in [2.45, 2.75) is 18.2 Å². The van der Waals surface area contributed by atoms with Crippen molar-refractivity contribution in [1.82, 2.24) is 0 Å². The molecule has 1 fully saturated rings. The molecule has 0 amide bonds. The highest BCUT2D eigenvalue weighted by Gasteiger charge is 2.48. The van der Waals surface area contributed by atoms with Crippen LogP contribution in [0.3, 0.4) is 0 Å². The minimum atomic E-state index is -0.0278. The lowest BCUT2D eigenvalue weighted by Crippen LogP contribution is -1.88. The van der Waals surface area contributed by atoms with Crippen LogP contribution in [0.25, 0.3) is 0 Å². The van der Waals surface area contributed by atoms with Gasteiger partial charge in [0.2, 0.25) is 0 Å². The number of nitriles is 1. The van der Waals surface area contributed by atoms with Gasteiger partial charge >= 0.3 is 0 Å². The molecule has 1 aliphatic rings. The first-order valence-corrected chi connectivity index (χ1v) is 3.16. The average Bonchev–Trinajstić information content (AvgIpc) is 2.18. The molecular formula is C5H6BrN. The maximum Gasteiger partial charge on any atom is 0.0699 e. The lowest BCUT2D eigenvalue weighted by molar-refractivity contribution is 0.774. The third-order valence-electron chi connectivity index (χ3n) is 1.39. The zero-order valence-corrected chi connectivity index (χ0v) is 5.70. The number of halogens is 1. The van der Waals surface area contributed by atoms with Crippen molar-refractivity contribution in [3.05, 3.63) is 0 Å². The van der Waals surface area contributed by atoms with Gasteiger partial charge in [0, 0.05) is 4.83 Å². The molecule has 1 nitrogen and oxygen atoms in total. The fourth-order valence-electron chi connectivity index (χ4n) is 0.429. The Bertz CT molecular complexity index is 127. The van der Waals surface area contributed by atoms with Crippen molar-refractivity contribution in [2.24, 2.45) is 5.41 Å². The highest BCUT2D eigenvalue weighted by Crippen LogP contribution is 2.50. The molecule has 1 aliphatic carbocycles. The minimum Gasteiger partial charge on any atom is -0.198 e. The fourth-order valence-corrected chi connectivity index (χ4v) is 1.20. The number of nitrogens with zero attached hydrogens (tertiary/aromatic N) is 1. The van der Waals surface area contributed by atoms with Crippen LogP contribution in [0, 0.1) is 16.7 Å². The van der Waals surface area contributed by atoms with E-state index >= 15 is 0 Å². The summed E-state index contributed by atoms with van der Waals surface area (Å²) in [5.41, 5.74) is -0.0278. The van der Waals surface area contributed by atoms with E-state index < -0.39 is 0 Å². The van der Waals surface area contributed by atoms with Gasteiger partial charge in [-0.15, -0.1) is 0 Å². The summed E-state index contributed by atoms with van der Waals surface area (Å²) in [7, 11) is 0. The van der Waals surface area contributed by atoms with E-state index in [-0.39, 0.29) is 5.41 Å². The summed E-state index contributed by atoms with van der Waals surface area (Å²) in [4.78, 5) is 0.463. The largest absolute Gasteiger partial charge is 0.198 e. The van der Waals surface area contributed by atoms with Crippen LogP contribution in [-0.2, 0) is 0 Å². The number of hydrogen-bond acceptors (Lipinski definition) is 1. The van der Waals surface area contributed by atoms with Crippen molar-refractivity contribution < 1.29 is 0 Å². The van der Waals surface area contributed by atoms with Gasteiger partial charge in [-0.05, 0) is 13.3 Å².